The third-order valence-corrected chi connectivity index (χ3v) is 3.05. The number of hydrogen-bond donors (Lipinski definition) is 2. The predicted octanol–water partition coefficient (Wildman–Crippen LogP) is 1.96. The van der Waals surface area contributed by atoms with Gasteiger partial charge in [-0.2, -0.15) is 5.06 Å². The lowest BCUT2D eigenvalue weighted by Gasteiger charge is -2.51. The second-order valence-electron chi connectivity index (χ2n) is 5.74. The summed E-state index contributed by atoms with van der Waals surface area (Å²) in [5.74, 6) is -0.00186. The average molecular weight is 251 g/mol. The van der Waals surface area contributed by atoms with E-state index in [1.165, 1.54) is 12.0 Å². The Morgan fingerprint density at radius 2 is 1.62 bits per heavy atom. The number of hydroxylamine groups is 2. The fourth-order valence-corrected chi connectivity index (χ4v) is 2.66. The van der Waals surface area contributed by atoms with Crippen molar-refractivity contribution in [2.75, 3.05) is 0 Å². The number of amides is 1. The SMILES string of the molecule is CC(=O)NC1CC(C)(C)N(O)C(C)(C)C1.Cl. The molecule has 0 aromatic heterocycles. The molecule has 96 valence electrons. The van der Waals surface area contributed by atoms with Gasteiger partial charge in [0.2, 0.25) is 5.91 Å². The first-order chi connectivity index (χ1) is 6.65. The Balaban J connectivity index is 0.00000225. The molecule has 1 aliphatic heterocycles. The Morgan fingerprint density at radius 3 is 1.94 bits per heavy atom. The molecule has 0 saturated carbocycles. The van der Waals surface area contributed by atoms with E-state index in [-0.39, 0.29) is 35.4 Å². The summed E-state index contributed by atoms with van der Waals surface area (Å²) in [6.07, 6.45) is 1.54. The Kier molecular flexibility index (Phi) is 4.80. The van der Waals surface area contributed by atoms with Crippen molar-refractivity contribution < 1.29 is 10.0 Å². The zero-order valence-electron chi connectivity index (χ0n) is 10.7. The van der Waals surface area contributed by atoms with Gasteiger partial charge in [0.1, 0.15) is 0 Å². The van der Waals surface area contributed by atoms with Crippen LogP contribution in [0.3, 0.4) is 0 Å². The molecule has 1 saturated heterocycles. The van der Waals surface area contributed by atoms with Gasteiger partial charge >= 0.3 is 0 Å². The van der Waals surface area contributed by atoms with E-state index in [1.807, 2.05) is 27.7 Å². The minimum Gasteiger partial charge on any atom is -0.353 e. The molecule has 16 heavy (non-hydrogen) atoms. The van der Waals surface area contributed by atoms with Crippen LogP contribution in [-0.4, -0.2) is 33.3 Å². The Bertz CT molecular complexity index is 249. The van der Waals surface area contributed by atoms with Crippen LogP contribution in [0.5, 0.6) is 0 Å². The first-order valence-corrected chi connectivity index (χ1v) is 5.41. The summed E-state index contributed by atoms with van der Waals surface area (Å²) in [6.45, 7) is 9.49. The number of rotatable bonds is 1. The molecule has 1 aliphatic rings. The third kappa shape index (κ3) is 3.34. The molecule has 0 bridgehead atoms. The Labute approximate surface area is 104 Å². The van der Waals surface area contributed by atoms with Crippen LogP contribution in [0.1, 0.15) is 47.5 Å². The monoisotopic (exact) mass is 250 g/mol. The van der Waals surface area contributed by atoms with Crippen molar-refractivity contribution in [3.63, 3.8) is 0 Å². The van der Waals surface area contributed by atoms with E-state index in [0.717, 1.165) is 12.8 Å². The van der Waals surface area contributed by atoms with Crippen LogP contribution in [0.4, 0.5) is 0 Å². The lowest BCUT2D eigenvalue weighted by molar-refractivity contribution is -0.246. The smallest absolute Gasteiger partial charge is 0.217 e. The first-order valence-electron chi connectivity index (χ1n) is 5.41. The van der Waals surface area contributed by atoms with Gasteiger partial charge in [-0.15, -0.1) is 12.4 Å². The number of nitrogens with zero attached hydrogens (tertiary/aromatic N) is 1. The van der Waals surface area contributed by atoms with Crippen molar-refractivity contribution in [1.82, 2.24) is 10.4 Å². The van der Waals surface area contributed by atoms with Gasteiger partial charge in [0.15, 0.2) is 0 Å². The van der Waals surface area contributed by atoms with Crippen molar-refractivity contribution in [3.8, 4) is 0 Å². The van der Waals surface area contributed by atoms with Gasteiger partial charge < -0.3 is 10.5 Å². The lowest BCUT2D eigenvalue weighted by atomic mass is 9.79. The zero-order chi connectivity index (χ0) is 11.9. The van der Waals surface area contributed by atoms with Crippen molar-refractivity contribution in [2.45, 2.75) is 64.6 Å². The molecule has 0 aromatic rings. The molecule has 0 radical (unpaired) electrons. The first kappa shape index (κ1) is 15.7. The van der Waals surface area contributed by atoms with Crippen molar-refractivity contribution >= 4 is 18.3 Å². The summed E-state index contributed by atoms with van der Waals surface area (Å²) in [7, 11) is 0. The zero-order valence-corrected chi connectivity index (χ0v) is 11.5. The van der Waals surface area contributed by atoms with Gasteiger partial charge in [0, 0.05) is 24.0 Å². The van der Waals surface area contributed by atoms with Gasteiger partial charge in [-0.3, -0.25) is 4.79 Å². The van der Waals surface area contributed by atoms with E-state index in [0.29, 0.717) is 0 Å². The maximum Gasteiger partial charge on any atom is 0.217 e. The second-order valence-corrected chi connectivity index (χ2v) is 5.74. The molecule has 1 rings (SSSR count). The predicted molar refractivity (Wildman–Crippen MR) is 65.9 cm³/mol. The summed E-state index contributed by atoms with van der Waals surface area (Å²) >= 11 is 0. The summed E-state index contributed by atoms with van der Waals surface area (Å²) < 4.78 is 0. The van der Waals surface area contributed by atoms with E-state index in [9.17, 15) is 10.0 Å². The lowest BCUT2D eigenvalue weighted by Crippen LogP contribution is -2.62. The fraction of sp³-hybridized carbons (Fsp3) is 0.909. The van der Waals surface area contributed by atoms with E-state index >= 15 is 0 Å². The average Bonchev–Trinajstić information content (AvgIpc) is 1.97. The van der Waals surface area contributed by atoms with E-state index in [2.05, 4.69) is 5.32 Å². The molecular weight excluding hydrogens is 228 g/mol. The number of nitrogens with one attached hydrogen (secondary N) is 1. The molecule has 5 heteroatoms. The van der Waals surface area contributed by atoms with Crippen LogP contribution in [0.2, 0.25) is 0 Å². The van der Waals surface area contributed by atoms with Crippen LogP contribution in [0.15, 0.2) is 0 Å². The van der Waals surface area contributed by atoms with Gasteiger partial charge in [-0.1, -0.05) is 0 Å². The number of halogens is 1. The molecule has 0 atom stereocenters. The van der Waals surface area contributed by atoms with Gasteiger partial charge in [-0.25, -0.2) is 0 Å². The normalized spacial score (nSPS) is 24.6. The highest BCUT2D eigenvalue weighted by Crippen LogP contribution is 2.36. The summed E-state index contributed by atoms with van der Waals surface area (Å²) in [5.41, 5.74) is -0.594. The van der Waals surface area contributed by atoms with Crippen molar-refractivity contribution in [3.05, 3.63) is 0 Å². The van der Waals surface area contributed by atoms with Gasteiger partial charge in [0.05, 0.1) is 0 Å². The molecule has 0 spiro atoms. The molecule has 4 nitrogen and oxygen atoms in total. The van der Waals surface area contributed by atoms with E-state index < -0.39 is 0 Å². The van der Waals surface area contributed by atoms with E-state index in [1.54, 1.807) is 0 Å². The molecule has 1 fully saturated rings. The Morgan fingerprint density at radius 1 is 1.25 bits per heavy atom. The minimum absolute atomic E-state index is 0. The molecular formula is C11H23ClN2O2. The van der Waals surface area contributed by atoms with Gasteiger partial charge in [0.25, 0.3) is 0 Å². The minimum atomic E-state index is -0.297. The van der Waals surface area contributed by atoms with Gasteiger partial charge in [-0.05, 0) is 40.5 Å². The van der Waals surface area contributed by atoms with Crippen LogP contribution in [-0.2, 0) is 4.79 Å². The molecule has 0 aliphatic carbocycles. The molecule has 1 heterocycles. The molecule has 0 unspecified atom stereocenters. The summed E-state index contributed by atoms with van der Waals surface area (Å²) in [4.78, 5) is 11.0. The summed E-state index contributed by atoms with van der Waals surface area (Å²) in [5, 5.41) is 14.4. The standard InChI is InChI=1S/C11H22N2O2.ClH/c1-8(14)12-9-6-10(2,3)13(15)11(4,5)7-9;/h9,15H,6-7H2,1-5H3,(H,12,14);1H. The molecule has 1 amide bonds. The Hall–Kier alpha value is -0.320. The topological polar surface area (TPSA) is 52.6 Å². The highest BCUT2D eigenvalue weighted by atomic mass is 35.5. The maximum absolute atomic E-state index is 11.0. The van der Waals surface area contributed by atoms with Crippen molar-refractivity contribution in [2.24, 2.45) is 0 Å². The van der Waals surface area contributed by atoms with Crippen LogP contribution < -0.4 is 5.32 Å². The van der Waals surface area contributed by atoms with Crippen LogP contribution in [0, 0.1) is 0 Å². The quantitative estimate of drug-likeness (QED) is 0.748. The largest absolute Gasteiger partial charge is 0.353 e. The highest BCUT2D eigenvalue weighted by Gasteiger charge is 2.45. The number of carbonyl (C=O) groups excluding carboxylic acids is 1. The maximum atomic E-state index is 11.0. The third-order valence-electron chi connectivity index (χ3n) is 3.05. The molecule has 2 N–H and O–H groups in total. The second kappa shape index (κ2) is 4.90. The van der Waals surface area contributed by atoms with Crippen LogP contribution >= 0.6 is 12.4 Å². The van der Waals surface area contributed by atoms with Crippen LogP contribution in [0.25, 0.3) is 0 Å². The number of hydrogen-bond acceptors (Lipinski definition) is 3. The fourth-order valence-electron chi connectivity index (χ4n) is 2.66. The van der Waals surface area contributed by atoms with Crippen molar-refractivity contribution in [1.29, 1.82) is 0 Å². The number of piperidine rings is 1. The summed E-state index contributed by atoms with van der Waals surface area (Å²) in [6, 6.07) is 0.149. The van der Waals surface area contributed by atoms with E-state index in [4.69, 9.17) is 0 Å². The molecule has 0 aromatic carbocycles. The highest BCUT2D eigenvalue weighted by molar-refractivity contribution is 5.85. The number of carbonyl (C=O) groups is 1.